The highest BCUT2D eigenvalue weighted by Crippen LogP contribution is 2.39. The van der Waals surface area contributed by atoms with Crippen LogP contribution in [0.3, 0.4) is 0 Å². The summed E-state index contributed by atoms with van der Waals surface area (Å²) in [6.45, 7) is 1.82. The predicted octanol–water partition coefficient (Wildman–Crippen LogP) is 5.41. The molecule has 3 aromatic carbocycles. The highest BCUT2D eigenvalue weighted by atomic mass is 16.4. The summed E-state index contributed by atoms with van der Waals surface area (Å²) in [6, 6.07) is 20.7. The highest BCUT2D eigenvalue weighted by molar-refractivity contribution is 5.98. The average molecular weight is 428 g/mol. The van der Waals surface area contributed by atoms with Crippen molar-refractivity contribution >= 4 is 39.8 Å². The molecular weight excluding hydrogens is 408 g/mol. The monoisotopic (exact) mass is 428 g/mol. The number of fused-ring (bicyclic) bond motifs is 1. The fraction of sp³-hybridized carbons (Fsp3) is 0.0833. The summed E-state index contributed by atoms with van der Waals surface area (Å²) in [5.74, 6) is -1.68. The van der Waals surface area contributed by atoms with Gasteiger partial charge in [-0.25, -0.2) is 4.79 Å². The number of azo groups is 1. The van der Waals surface area contributed by atoms with Crippen LogP contribution >= 0.6 is 0 Å². The standard InChI is InChI=1S/C24H20N4O4/c1-15-10-12-16(13-11-15)25-21(29)14-28-20-9-5-3-7-18(20)22(23(28)30)27-26-19-8-4-2-6-17(19)24(31)32/h2-13,30H,14H2,1H3,(H,25,29)(H,31,32). The summed E-state index contributed by atoms with van der Waals surface area (Å²) in [7, 11) is 0. The molecule has 0 unspecified atom stereocenters. The molecule has 0 atom stereocenters. The van der Waals surface area contributed by atoms with Gasteiger partial charge in [-0.2, -0.15) is 0 Å². The first-order chi connectivity index (χ1) is 15.4. The molecule has 1 heterocycles. The second-order valence-electron chi connectivity index (χ2n) is 7.21. The van der Waals surface area contributed by atoms with Crippen LogP contribution in [0.25, 0.3) is 10.9 Å². The molecule has 8 nitrogen and oxygen atoms in total. The number of aromatic hydroxyl groups is 1. The molecule has 0 saturated heterocycles. The van der Waals surface area contributed by atoms with Crippen molar-refractivity contribution in [3.63, 3.8) is 0 Å². The highest BCUT2D eigenvalue weighted by Gasteiger charge is 2.19. The van der Waals surface area contributed by atoms with Crippen LogP contribution in [0.15, 0.2) is 83.0 Å². The predicted molar refractivity (Wildman–Crippen MR) is 121 cm³/mol. The first-order valence-electron chi connectivity index (χ1n) is 9.85. The van der Waals surface area contributed by atoms with Crippen LogP contribution in [0.2, 0.25) is 0 Å². The molecular formula is C24H20N4O4. The van der Waals surface area contributed by atoms with Gasteiger partial charge in [0.15, 0.2) is 5.69 Å². The van der Waals surface area contributed by atoms with Crippen LogP contribution in [0.4, 0.5) is 17.1 Å². The molecule has 0 aliphatic rings. The summed E-state index contributed by atoms with van der Waals surface area (Å²) < 4.78 is 1.44. The van der Waals surface area contributed by atoms with E-state index in [1.807, 2.05) is 19.1 Å². The molecule has 3 N–H and O–H groups in total. The van der Waals surface area contributed by atoms with Crippen molar-refractivity contribution in [2.24, 2.45) is 10.2 Å². The number of carboxylic acid groups (broad SMARTS) is 1. The number of para-hydroxylation sites is 1. The van der Waals surface area contributed by atoms with E-state index in [9.17, 15) is 19.8 Å². The lowest BCUT2D eigenvalue weighted by molar-refractivity contribution is -0.116. The van der Waals surface area contributed by atoms with Gasteiger partial charge in [0.25, 0.3) is 0 Å². The van der Waals surface area contributed by atoms with Crippen molar-refractivity contribution in [2.45, 2.75) is 13.5 Å². The molecule has 8 heteroatoms. The van der Waals surface area contributed by atoms with E-state index in [2.05, 4.69) is 15.5 Å². The third-order valence-corrected chi connectivity index (χ3v) is 4.95. The molecule has 0 spiro atoms. The number of hydrogen-bond donors (Lipinski definition) is 3. The van der Waals surface area contributed by atoms with Crippen LogP contribution in [0, 0.1) is 6.92 Å². The van der Waals surface area contributed by atoms with Gasteiger partial charge < -0.3 is 20.1 Å². The average Bonchev–Trinajstić information content (AvgIpc) is 3.05. The lowest BCUT2D eigenvalue weighted by Crippen LogP contribution is -2.18. The number of nitrogens with one attached hydrogen (secondary N) is 1. The number of carboxylic acids is 1. The minimum atomic E-state index is -1.13. The van der Waals surface area contributed by atoms with Gasteiger partial charge in [0.05, 0.1) is 11.1 Å². The number of nitrogens with zero attached hydrogens (tertiary/aromatic N) is 3. The number of amides is 1. The zero-order chi connectivity index (χ0) is 22.7. The molecule has 1 aromatic heterocycles. The Morgan fingerprint density at radius 3 is 2.38 bits per heavy atom. The molecule has 160 valence electrons. The fourth-order valence-electron chi connectivity index (χ4n) is 3.36. The van der Waals surface area contributed by atoms with E-state index in [0.29, 0.717) is 16.6 Å². The van der Waals surface area contributed by atoms with Crippen molar-refractivity contribution in [3.05, 3.63) is 83.9 Å². The van der Waals surface area contributed by atoms with Crippen molar-refractivity contribution in [3.8, 4) is 5.88 Å². The Morgan fingerprint density at radius 1 is 0.938 bits per heavy atom. The molecule has 0 bridgehead atoms. The van der Waals surface area contributed by atoms with Crippen molar-refractivity contribution in [2.75, 3.05) is 5.32 Å². The number of benzene rings is 3. The molecule has 4 rings (SSSR count). The Hall–Kier alpha value is -4.46. The number of rotatable bonds is 6. The van der Waals surface area contributed by atoms with E-state index >= 15 is 0 Å². The maximum absolute atomic E-state index is 12.6. The van der Waals surface area contributed by atoms with Crippen LogP contribution in [0.1, 0.15) is 15.9 Å². The molecule has 0 radical (unpaired) electrons. The Balaban J connectivity index is 1.67. The Kier molecular flexibility index (Phi) is 5.67. The van der Waals surface area contributed by atoms with Gasteiger partial charge in [0.1, 0.15) is 12.2 Å². The number of hydrogen-bond acceptors (Lipinski definition) is 5. The van der Waals surface area contributed by atoms with Crippen molar-refractivity contribution in [1.29, 1.82) is 0 Å². The number of aryl methyl sites for hydroxylation is 1. The topological polar surface area (TPSA) is 116 Å². The zero-order valence-electron chi connectivity index (χ0n) is 17.2. The summed E-state index contributed by atoms with van der Waals surface area (Å²) in [6.07, 6.45) is 0. The summed E-state index contributed by atoms with van der Waals surface area (Å²) >= 11 is 0. The van der Waals surface area contributed by atoms with E-state index in [1.165, 1.54) is 16.7 Å². The van der Waals surface area contributed by atoms with E-state index in [0.717, 1.165) is 5.56 Å². The maximum atomic E-state index is 12.6. The Labute approximate surface area is 183 Å². The number of carbonyl (C=O) groups excluding carboxylic acids is 1. The summed E-state index contributed by atoms with van der Waals surface area (Å²) in [5, 5.41) is 31.7. The van der Waals surface area contributed by atoms with Crippen LogP contribution in [0.5, 0.6) is 5.88 Å². The van der Waals surface area contributed by atoms with Gasteiger partial charge >= 0.3 is 5.97 Å². The van der Waals surface area contributed by atoms with E-state index in [1.54, 1.807) is 48.5 Å². The number of carbonyl (C=O) groups is 2. The molecule has 0 saturated carbocycles. The van der Waals surface area contributed by atoms with Gasteiger partial charge in [0.2, 0.25) is 11.8 Å². The minimum absolute atomic E-state index is 0.00282. The Bertz CT molecular complexity index is 1340. The van der Waals surface area contributed by atoms with Crippen LogP contribution in [-0.4, -0.2) is 26.7 Å². The largest absolute Gasteiger partial charge is 0.493 e. The summed E-state index contributed by atoms with van der Waals surface area (Å²) in [5.41, 5.74) is 2.65. The van der Waals surface area contributed by atoms with Crippen molar-refractivity contribution < 1.29 is 19.8 Å². The molecule has 0 aliphatic heterocycles. The van der Waals surface area contributed by atoms with Crippen molar-refractivity contribution in [1.82, 2.24) is 4.57 Å². The number of aromatic carboxylic acids is 1. The van der Waals surface area contributed by atoms with Gasteiger partial charge in [-0.15, -0.1) is 10.2 Å². The second-order valence-corrected chi connectivity index (χ2v) is 7.21. The van der Waals surface area contributed by atoms with Crippen LogP contribution < -0.4 is 5.32 Å². The molecule has 32 heavy (non-hydrogen) atoms. The molecule has 0 fully saturated rings. The summed E-state index contributed by atoms with van der Waals surface area (Å²) in [4.78, 5) is 24.0. The first-order valence-corrected chi connectivity index (χ1v) is 9.85. The lowest BCUT2D eigenvalue weighted by atomic mass is 10.2. The molecule has 1 amide bonds. The first kappa shape index (κ1) is 20.8. The normalized spacial score (nSPS) is 11.2. The van der Waals surface area contributed by atoms with E-state index in [4.69, 9.17) is 0 Å². The third-order valence-electron chi connectivity index (χ3n) is 4.95. The van der Waals surface area contributed by atoms with E-state index < -0.39 is 5.97 Å². The molecule has 0 aliphatic carbocycles. The minimum Gasteiger partial charge on any atom is -0.493 e. The lowest BCUT2D eigenvalue weighted by Gasteiger charge is -2.08. The van der Waals surface area contributed by atoms with Crippen LogP contribution in [-0.2, 0) is 11.3 Å². The van der Waals surface area contributed by atoms with Gasteiger partial charge in [-0.3, -0.25) is 4.79 Å². The van der Waals surface area contributed by atoms with Gasteiger partial charge in [-0.05, 0) is 37.3 Å². The maximum Gasteiger partial charge on any atom is 0.337 e. The fourth-order valence-corrected chi connectivity index (χ4v) is 3.36. The number of anilines is 1. The van der Waals surface area contributed by atoms with Gasteiger partial charge in [-0.1, -0.05) is 48.0 Å². The SMILES string of the molecule is Cc1ccc(NC(=O)Cn2c(O)c(N=Nc3ccccc3C(=O)O)c3ccccc32)cc1. The zero-order valence-corrected chi connectivity index (χ0v) is 17.2. The Morgan fingerprint density at radius 2 is 1.62 bits per heavy atom. The van der Waals surface area contributed by atoms with Gasteiger partial charge in [0, 0.05) is 11.1 Å². The third kappa shape index (κ3) is 4.20. The smallest absolute Gasteiger partial charge is 0.337 e. The van der Waals surface area contributed by atoms with E-state index in [-0.39, 0.29) is 35.3 Å². The molecule has 4 aromatic rings. The second kappa shape index (κ2) is 8.73. The number of aromatic nitrogens is 1. The quantitative estimate of drug-likeness (QED) is 0.356.